The van der Waals surface area contributed by atoms with Crippen molar-refractivity contribution in [2.75, 3.05) is 13.2 Å². The van der Waals surface area contributed by atoms with Crippen molar-refractivity contribution in [1.29, 1.82) is 0 Å². The van der Waals surface area contributed by atoms with Crippen molar-refractivity contribution in [2.24, 2.45) is 0 Å². The second kappa shape index (κ2) is 54.2. The van der Waals surface area contributed by atoms with Gasteiger partial charge in [-0.05, 0) is 32.1 Å². The van der Waals surface area contributed by atoms with Gasteiger partial charge in [-0.1, -0.05) is 289 Å². The van der Waals surface area contributed by atoms with Crippen LogP contribution in [0.4, 0.5) is 0 Å². The van der Waals surface area contributed by atoms with Crippen molar-refractivity contribution < 1.29 is 24.5 Å². The first-order chi connectivity index (χ1) is 31.5. The second-order valence-corrected chi connectivity index (χ2v) is 20.0. The molecule has 1 amide bonds. The van der Waals surface area contributed by atoms with E-state index in [0.717, 1.165) is 38.5 Å². The first kappa shape index (κ1) is 62.6. The molecule has 0 saturated carbocycles. The van der Waals surface area contributed by atoms with Crippen molar-refractivity contribution in [3.63, 3.8) is 0 Å². The van der Waals surface area contributed by atoms with Crippen molar-refractivity contribution in [2.45, 2.75) is 334 Å². The number of ether oxygens (including phenoxy) is 1. The molecule has 0 radical (unpaired) electrons. The van der Waals surface area contributed by atoms with E-state index in [1.165, 1.54) is 257 Å². The predicted octanol–water partition coefficient (Wildman–Crippen LogP) is 17.7. The molecule has 2 unspecified atom stereocenters. The predicted molar refractivity (Wildman–Crippen MR) is 278 cm³/mol. The summed E-state index contributed by atoms with van der Waals surface area (Å²) in [5.41, 5.74) is 0. The summed E-state index contributed by atoms with van der Waals surface area (Å²) in [7, 11) is 0. The molecule has 64 heavy (non-hydrogen) atoms. The highest BCUT2D eigenvalue weighted by atomic mass is 16.5. The van der Waals surface area contributed by atoms with Crippen molar-refractivity contribution in [3.05, 3.63) is 12.2 Å². The lowest BCUT2D eigenvalue weighted by Gasteiger charge is -2.20. The normalized spacial score (nSPS) is 12.6. The third kappa shape index (κ3) is 50.0. The van der Waals surface area contributed by atoms with Gasteiger partial charge in [0.25, 0.3) is 0 Å². The summed E-state index contributed by atoms with van der Waals surface area (Å²) < 4.78 is 5.48. The Bertz CT molecular complexity index is 955. The minimum atomic E-state index is -0.844. The zero-order valence-corrected chi connectivity index (χ0v) is 43.3. The number of aliphatic hydroxyl groups is 2. The van der Waals surface area contributed by atoms with E-state index >= 15 is 0 Å². The summed E-state index contributed by atoms with van der Waals surface area (Å²) >= 11 is 0. The molecule has 0 spiro atoms. The van der Waals surface area contributed by atoms with E-state index in [1.807, 2.05) is 6.08 Å². The lowest BCUT2D eigenvalue weighted by atomic mass is 10.0. The fourth-order valence-electron chi connectivity index (χ4n) is 9.11. The highest BCUT2D eigenvalue weighted by Gasteiger charge is 2.18. The maximum absolute atomic E-state index is 12.4. The maximum Gasteiger partial charge on any atom is 0.305 e. The van der Waals surface area contributed by atoms with Gasteiger partial charge in [0.05, 0.1) is 25.4 Å². The topological polar surface area (TPSA) is 95.9 Å². The molecule has 6 nitrogen and oxygen atoms in total. The number of hydrogen-bond donors (Lipinski definition) is 3. The lowest BCUT2D eigenvalue weighted by Crippen LogP contribution is -2.45. The van der Waals surface area contributed by atoms with Crippen LogP contribution in [0, 0.1) is 0 Å². The second-order valence-electron chi connectivity index (χ2n) is 20.0. The zero-order valence-electron chi connectivity index (χ0n) is 43.3. The quantitative estimate of drug-likeness (QED) is 0.0321. The fraction of sp³-hybridized carbons (Fsp3) is 0.931. The first-order valence-corrected chi connectivity index (χ1v) is 29.0. The van der Waals surface area contributed by atoms with Gasteiger partial charge in [-0.15, -0.1) is 0 Å². The van der Waals surface area contributed by atoms with Crippen LogP contribution in [0.25, 0.3) is 0 Å². The zero-order chi connectivity index (χ0) is 46.5. The molecule has 0 aromatic heterocycles. The number of carbonyl (C=O) groups is 2. The average molecular weight is 905 g/mol. The van der Waals surface area contributed by atoms with Gasteiger partial charge in [0.15, 0.2) is 0 Å². The highest BCUT2D eigenvalue weighted by Crippen LogP contribution is 2.17. The number of amides is 1. The van der Waals surface area contributed by atoms with E-state index < -0.39 is 12.1 Å². The van der Waals surface area contributed by atoms with Crippen molar-refractivity contribution in [1.82, 2.24) is 5.32 Å². The van der Waals surface area contributed by atoms with Gasteiger partial charge < -0.3 is 20.3 Å². The molecular formula is C58H113NO5. The number of aliphatic hydroxyl groups excluding tert-OH is 2. The molecule has 6 heteroatoms. The number of unbranched alkanes of at least 4 members (excludes halogenated alkanes) is 43. The van der Waals surface area contributed by atoms with Crippen LogP contribution in [0.5, 0.6) is 0 Å². The van der Waals surface area contributed by atoms with Crippen molar-refractivity contribution >= 4 is 11.9 Å². The number of rotatable bonds is 54. The third-order valence-electron chi connectivity index (χ3n) is 13.6. The molecule has 0 aliphatic carbocycles. The molecular weight excluding hydrogens is 791 g/mol. The molecule has 0 aliphatic rings. The molecule has 0 aromatic rings. The number of carbonyl (C=O) groups excluding carboxylic acids is 2. The molecule has 0 fully saturated rings. The summed E-state index contributed by atoms with van der Waals surface area (Å²) in [5, 5.41) is 23.1. The van der Waals surface area contributed by atoms with Crippen LogP contribution in [-0.4, -0.2) is 47.4 Å². The number of hydrogen-bond acceptors (Lipinski definition) is 5. The minimum absolute atomic E-state index is 0.0118. The molecule has 0 aromatic carbocycles. The Morgan fingerprint density at radius 3 is 1.06 bits per heavy atom. The Labute approximate surface area is 399 Å². The Balaban J connectivity index is 3.40. The van der Waals surface area contributed by atoms with Crippen LogP contribution in [0.1, 0.15) is 322 Å². The van der Waals surface area contributed by atoms with Gasteiger partial charge in [0.1, 0.15) is 0 Å². The number of esters is 1. The maximum atomic E-state index is 12.4. The van der Waals surface area contributed by atoms with Crippen LogP contribution >= 0.6 is 0 Å². The Hall–Kier alpha value is -1.40. The van der Waals surface area contributed by atoms with Gasteiger partial charge in [0, 0.05) is 12.8 Å². The van der Waals surface area contributed by atoms with Gasteiger partial charge in [0.2, 0.25) is 5.91 Å². The molecule has 2 atom stereocenters. The van der Waals surface area contributed by atoms with Gasteiger partial charge >= 0.3 is 5.97 Å². The summed E-state index contributed by atoms with van der Waals surface area (Å²) in [4.78, 5) is 24.5. The van der Waals surface area contributed by atoms with Gasteiger partial charge in [-0.2, -0.15) is 0 Å². The standard InChI is InChI=1S/C58H113NO5/c1-3-5-7-9-11-13-15-17-27-30-34-38-42-46-50-56(61)55(54-60)59-57(62)51-47-43-39-35-31-28-24-22-20-18-19-21-23-25-29-33-37-41-45-49-53-64-58(63)52-48-44-40-36-32-26-16-14-12-10-8-6-4-2/h46,50,55-56,60-61H,3-45,47-49,51-54H2,1-2H3,(H,59,62)/b50-46+. The lowest BCUT2D eigenvalue weighted by molar-refractivity contribution is -0.143. The van der Waals surface area contributed by atoms with Gasteiger partial charge in [-0.25, -0.2) is 0 Å². The van der Waals surface area contributed by atoms with Crippen LogP contribution < -0.4 is 5.32 Å². The van der Waals surface area contributed by atoms with E-state index in [1.54, 1.807) is 6.08 Å². The smallest absolute Gasteiger partial charge is 0.305 e. The molecule has 0 aliphatic heterocycles. The molecule has 0 saturated heterocycles. The Morgan fingerprint density at radius 2 is 0.719 bits per heavy atom. The van der Waals surface area contributed by atoms with E-state index in [0.29, 0.717) is 19.4 Å². The van der Waals surface area contributed by atoms with Crippen LogP contribution in [0.3, 0.4) is 0 Å². The summed E-state index contributed by atoms with van der Waals surface area (Å²) in [6, 6.07) is -0.627. The van der Waals surface area contributed by atoms with Crippen LogP contribution in [-0.2, 0) is 14.3 Å². The fourth-order valence-corrected chi connectivity index (χ4v) is 9.11. The largest absolute Gasteiger partial charge is 0.466 e. The minimum Gasteiger partial charge on any atom is -0.466 e. The van der Waals surface area contributed by atoms with Crippen molar-refractivity contribution in [3.8, 4) is 0 Å². The SMILES string of the molecule is CCCCCCCCCCCCCC/C=C/C(O)C(CO)NC(=O)CCCCCCCCCCCCCCCCCCCCCCOC(=O)CCCCCCCCCCCCCCC. The first-order valence-electron chi connectivity index (χ1n) is 29.0. The van der Waals surface area contributed by atoms with Gasteiger partial charge in [-0.3, -0.25) is 9.59 Å². The number of nitrogens with one attached hydrogen (secondary N) is 1. The van der Waals surface area contributed by atoms with E-state index in [2.05, 4.69) is 19.2 Å². The monoisotopic (exact) mass is 904 g/mol. The summed E-state index contributed by atoms with van der Waals surface area (Å²) in [6.07, 6.45) is 63.7. The summed E-state index contributed by atoms with van der Waals surface area (Å²) in [5.74, 6) is -0.0565. The van der Waals surface area contributed by atoms with Crippen LogP contribution in [0.2, 0.25) is 0 Å². The van der Waals surface area contributed by atoms with E-state index in [9.17, 15) is 19.8 Å². The van der Waals surface area contributed by atoms with E-state index in [4.69, 9.17) is 4.74 Å². The number of allylic oxidation sites excluding steroid dienone is 1. The average Bonchev–Trinajstić information content (AvgIpc) is 3.29. The van der Waals surface area contributed by atoms with Crippen LogP contribution in [0.15, 0.2) is 12.2 Å². The Morgan fingerprint density at radius 1 is 0.422 bits per heavy atom. The molecule has 3 N–H and O–H groups in total. The molecule has 380 valence electrons. The highest BCUT2D eigenvalue weighted by molar-refractivity contribution is 5.76. The third-order valence-corrected chi connectivity index (χ3v) is 13.6. The molecule has 0 bridgehead atoms. The van der Waals surface area contributed by atoms with E-state index in [-0.39, 0.29) is 18.5 Å². The Kier molecular flexibility index (Phi) is 53.0. The molecule has 0 heterocycles. The summed E-state index contributed by atoms with van der Waals surface area (Å²) in [6.45, 7) is 4.91. The molecule has 0 rings (SSSR count).